The molecule has 0 amide bonds. The van der Waals surface area contributed by atoms with Gasteiger partial charge in [-0.05, 0) is 37.1 Å². The Morgan fingerprint density at radius 3 is 2.86 bits per heavy atom. The van der Waals surface area contributed by atoms with E-state index in [0.717, 1.165) is 18.5 Å². The van der Waals surface area contributed by atoms with Gasteiger partial charge in [0.2, 0.25) is 0 Å². The molecule has 0 saturated carbocycles. The Bertz CT molecular complexity index is 321. The van der Waals surface area contributed by atoms with Crippen molar-refractivity contribution in [3.05, 3.63) is 29.6 Å². The van der Waals surface area contributed by atoms with E-state index in [-0.39, 0.29) is 11.8 Å². The molecule has 3 heteroatoms. The second-order valence-corrected chi connectivity index (χ2v) is 3.71. The topological polar surface area (TPSA) is 32.3 Å². The van der Waals surface area contributed by atoms with Crippen LogP contribution >= 0.6 is 0 Å². The van der Waals surface area contributed by atoms with Crippen molar-refractivity contribution in [2.24, 2.45) is 0 Å². The summed E-state index contributed by atoms with van der Waals surface area (Å²) in [4.78, 5) is 0. The largest absolute Gasteiger partial charge is 0.505 e. The molecular weight excluding hydrogens is 181 g/mol. The molecule has 1 unspecified atom stereocenters. The minimum atomic E-state index is -0.533. The molecular formula is C11H14FNO. The molecule has 76 valence electrons. The number of hydrogen-bond donors (Lipinski definition) is 2. The molecule has 1 aromatic rings. The number of hydrogen-bond acceptors (Lipinski definition) is 2. The van der Waals surface area contributed by atoms with Crippen LogP contribution in [-0.4, -0.2) is 11.7 Å². The van der Waals surface area contributed by atoms with Crippen molar-refractivity contribution in [2.45, 2.75) is 25.3 Å². The van der Waals surface area contributed by atoms with Gasteiger partial charge in [0.25, 0.3) is 0 Å². The zero-order valence-electron chi connectivity index (χ0n) is 7.96. The Balaban J connectivity index is 2.18. The molecule has 2 nitrogen and oxygen atoms in total. The number of piperidine rings is 1. The molecule has 2 rings (SSSR count). The lowest BCUT2D eigenvalue weighted by Gasteiger charge is -2.23. The highest BCUT2D eigenvalue weighted by Gasteiger charge is 2.15. The third-order valence-corrected chi connectivity index (χ3v) is 2.68. The summed E-state index contributed by atoms with van der Waals surface area (Å²) < 4.78 is 13.1. The van der Waals surface area contributed by atoms with Crippen molar-refractivity contribution in [1.82, 2.24) is 5.32 Å². The van der Waals surface area contributed by atoms with Crippen molar-refractivity contribution in [3.8, 4) is 5.75 Å². The van der Waals surface area contributed by atoms with Gasteiger partial charge < -0.3 is 10.4 Å². The summed E-state index contributed by atoms with van der Waals surface area (Å²) in [6.45, 7) is 0.993. The van der Waals surface area contributed by atoms with E-state index in [0.29, 0.717) is 0 Å². The molecule has 1 fully saturated rings. The fourth-order valence-corrected chi connectivity index (χ4v) is 1.88. The van der Waals surface area contributed by atoms with Gasteiger partial charge in [0, 0.05) is 6.04 Å². The van der Waals surface area contributed by atoms with Crippen LogP contribution in [0.25, 0.3) is 0 Å². The van der Waals surface area contributed by atoms with Gasteiger partial charge in [-0.25, -0.2) is 4.39 Å². The summed E-state index contributed by atoms with van der Waals surface area (Å²) in [7, 11) is 0. The van der Waals surface area contributed by atoms with Crippen molar-refractivity contribution in [2.75, 3.05) is 6.54 Å². The highest BCUT2D eigenvalue weighted by atomic mass is 19.1. The highest BCUT2D eigenvalue weighted by Crippen LogP contribution is 2.26. The Labute approximate surface area is 82.8 Å². The monoisotopic (exact) mass is 195 g/mol. The zero-order chi connectivity index (χ0) is 9.97. The Kier molecular flexibility index (Phi) is 2.68. The second kappa shape index (κ2) is 3.96. The lowest BCUT2D eigenvalue weighted by molar-refractivity contribution is 0.405. The average molecular weight is 195 g/mol. The Morgan fingerprint density at radius 2 is 2.21 bits per heavy atom. The molecule has 1 atom stereocenters. The summed E-state index contributed by atoms with van der Waals surface area (Å²) in [6.07, 6.45) is 3.42. The smallest absolute Gasteiger partial charge is 0.165 e. The van der Waals surface area contributed by atoms with Gasteiger partial charge in [-0.15, -0.1) is 0 Å². The van der Waals surface area contributed by atoms with Gasteiger partial charge in [0.15, 0.2) is 11.6 Å². The van der Waals surface area contributed by atoms with Crippen molar-refractivity contribution < 1.29 is 9.50 Å². The standard InChI is InChI=1S/C11H14FNO/c12-9-7-8(4-5-11(9)14)10-3-1-2-6-13-10/h4-5,7,10,13-14H,1-3,6H2. The van der Waals surface area contributed by atoms with E-state index < -0.39 is 5.82 Å². The Morgan fingerprint density at radius 1 is 1.36 bits per heavy atom. The molecule has 1 heterocycles. The number of phenolic OH excluding ortho intramolecular Hbond substituents is 1. The van der Waals surface area contributed by atoms with Crippen LogP contribution in [0.4, 0.5) is 4.39 Å². The molecule has 1 aromatic carbocycles. The van der Waals surface area contributed by atoms with Gasteiger partial charge in [-0.1, -0.05) is 12.5 Å². The molecule has 0 aromatic heterocycles. The molecule has 14 heavy (non-hydrogen) atoms. The molecule has 0 bridgehead atoms. The van der Waals surface area contributed by atoms with E-state index in [1.165, 1.54) is 25.0 Å². The van der Waals surface area contributed by atoms with Crippen molar-refractivity contribution in [3.63, 3.8) is 0 Å². The number of rotatable bonds is 1. The highest BCUT2D eigenvalue weighted by molar-refractivity contribution is 5.30. The molecule has 1 saturated heterocycles. The summed E-state index contributed by atoms with van der Waals surface area (Å²) in [5, 5.41) is 12.4. The van der Waals surface area contributed by atoms with Crippen LogP contribution in [-0.2, 0) is 0 Å². The van der Waals surface area contributed by atoms with Gasteiger partial charge in [0.1, 0.15) is 0 Å². The van der Waals surface area contributed by atoms with Crippen molar-refractivity contribution >= 4 is 0 Å². The van der Waals surface area contributed by atoms with Crippen LogP contribution in [0.1, 0.15) is 30.9 Å². The first-order valence-corrected chi connectivity index (χ1v) is 4.99. The van der Waals surface area contributed by atoms with Crippen LogP contribution in [0.2, 0.25) is 0 Å². The van der Waals surface area contributed by atoms with Gasteiger partial charge >= 0.3 is 0 Å². The lowest BCUT2D eigenvalue weighted by atomic mass is 9.97. The van der Waals surface area contributed by atoms with Gasteiger partial charge in [-0.3, -0.25) is 0 Å². The minimum absolute atomic E-state index is 0.249. The number of aromatic hydroxyl groups is 1. The van der Waals surface area contributed by atoms with Crippen LogP contribution in [0.3, 0.4) is 0 Å². The first kappa shape index (κ1) is 9.46. The van der Waals surface area contributed by atoms with Gasteiger partial charge in [0.05, 0.1) is 0 Å². The normalized spacial score (nSPS) is 22.2. The maximum absolute atomic E-state index is 13.1. The Hall–Kier alpha value is -1.09. The van der Waals surface area contributed by atoms with E-state index in [9.17, 15) is 4.39 Å². The average Bonchev–Trinajstić information content (AvgIpc) is 2.23. The molecule has 0 aliphatic carbocycles. The van der Waals surface area contributed by atoms with Crippen LogP contribution < -0.4 is 5.32 Å². The maximum atomic E-state index is 13.1. The summed E-state index contributed by atoms with van der Waals surface area (Å²) >= 11 is 0. The third-order valence-electron chi connectivity index (χ3n) is 2.68. The summed E-state index contributed by atoms with van der Waals surface area (Å²) in [6, 6.07) is 4.86. The molecule has 1 aliphatic rings. The zero-order valence-corrected chi connectivity index (χ0v) is 7.96. The molecule has 2 N–H and O–H groups in total. The first-order chi connectivity index (χ1) is 6.77. The predicted molar refractivity (Wildman–Crippen MR) is 52.7 cm³/mol. The minimum Gasteiger partial charge on any atom is -0.505 e. The first-order valence-electron chi connectivity index (χ1n) is 4.99. The SMILES string of the molecule is Oc1ccc(C2CCCCN2)cc1F. The molecule has 1 aliphatic heterocycles. The fraction of sp³-hybridized carbons (Fsp3) is 0.455. The lowest BCUT2D eigenvalue weighted by Crippen LogP contribution is -2.26. The number of halogens is 1. The third kappa shape index (κ3) is 1.87. The van der Waals surface area contributed by atoms with Crippen LogP contribution in [0.15, 0.2) is 18.2 Å². The van der Waals surface area contributed by atoms with Crippen LogP contribution in [0.5, 0.6) is 5.75 Å². The maximum Gasteiger partial charge on any atom is 0.165 e. The summed E-state index contributed by atoms with van der Waals surface area (Å²) in [5.41, 5.74) is 0.931. The van der Waals surface area contributed by atoms with E-state index in [1.54, 1.807) is 6.07 Å². The van der Waals surface area contributed by atoms with Gasteiger partial charge in [-0.2, -0.15) is 0 Å². The molecule has 0 radical (unpaired) electrons. The van der Waals surface area contributed by atoms with E-state index >= 15 is 0 Å². The second-order valence-electron chi connectivity index (χ2n) is 3.71. The quantitative estimate of drug-likeness (QED) is 0.721. The molecule has 0 spiro atoms. The van der Waals surface area contributed by atoms with E-state index in [2.05, 4.69) is 5.32 Å². The van der Waals surface area contributed by atoms with E-state index in [1.807, 2.05) is 0 Å². The van der Waals surface area contributed by atoms with E-state index in [4.69, 9.17) is 5.11 Å². The number of phenols is 1. The number of benzene rings is 1. The predicted octanol–water partition coefficient (Wildman–Crippen LogP) is 2.35. The fourth-order valence-electron chi connectivity index (χ4n) is 1.88. The summed E-state index contributed by atoms with van der Waals surface area (Å²) in [5.74, 6) is -0.806. The van der Waals surface area contributed by atoms with Crippen molar-refractivity contribution in [1.29, 1.82) is 0 Å². The number of nitrogens with one attached hydrogen (secondary N) is 1. The van der Waals surface area contributed by atoms with Crippen LogP contribution in [0, 0.1) is 5.82 Å².